The Kier molecular flexibility index (Phi) is 5.92. The van der Waals surface area contributed by atoms with Gasteiger partial charge in [0.15, 0.2) is 0 Å². The molecule has 5 atom stereocenters. The first kappa shape index (κ1) is 20.2. The van der Waals surface area contributed by atoms with Crippen molar-refractivity contribution in [3.63, 3.8) is 0 Å². The number of hydrogen-bond acceptors (Lipinski definition) is 8. The van der Waals surface area contributed by atoms with Crippen molar-refractivity contribution < 1.29 is 39.8 Å². The van der Waals surface area contributed by atoms with E-state index in [1.54, 1.807) is 31.3 Å². The van der Waals surface area contributed by atoms with E-state index in [2.05, 4.69) is 4.98 Å². The number of nitrogens with zero attached hydrogens (tertiary/aromatic N) is 1. The summed E-state index contributed by atoms with van der Waals surface area (Å²) in [5, 5.41) is 48.1. The van der Waals surface area contributed by atoms with Gasteiger partial charge in [-0.25, -0.2) is 4.79 Å². The molecular formula is C19H21NO8. The second-order valence-electron chi connectivity index (χ2n) is 6.56. The monoisotopic (exact) mass is 391 g/mol. The van der Waals surface area contributed by atoms with Gasteiger partial charge in [-0.2, -0.15) is 0 Å². The quantitative estimate of drug-likeness (QED) is 0.472. The first-order chi connectivity index (χ1) is 13.3. The van der Waals surface area contributed by atoms with E-state index in [0.29, 0.717) is 22.4 Å². The molecule has 0 bridgehead atoms. The fourth-order valence-electron chi connectivity index (χ4n) is 2.97. The average molecular weight is 391 g/mol. The minimum absolute atomic E-state index is 0.0665. The first-order valence-electron chi connectivity index (χ1n) is 8.58. The van der Waals surface area contributed by atoms with Crippen LogP contribution in [0.2, 0.25) is 0 Å². The summed E-state index contributed by atoms with van der Waals surface area (Å²) in [5.41, 5.74) is 2.06. The summed E-state index contributed by atoms with van der Waals surface area (Å²) in [6, 6.07) is 6.55. The van der Waals surface area contributed by atoms with Gasteiger partial charge in [0, 0.05) is 18.0 Å². The van der Waals surface area contributed by atoms with Crippen molar-refractivity contribution in [2.45, 2.75) is 37.6 Å². The molecule has 2 heterocycles. The van der Waals surface area contributed by atoms with Gasteiger partial charge in [-0.05, 0) is 36.2 Å². The first-order valence-corrected chi connectivity index (χ1v) is 8.58. The molecule has 0 radical (unpaired) electrons. The second kappa shape index (κ2) is 8.21. The predicted molar refractivity (Wildman–Crippen MR) is 95.8 cm³/mol. The van der Waals surface area contributed by atoms with E-state index in [9.17, 15) is 25.2 Å². The summed E-state index contributed by atoms with van der Waals surface area (Å²) in [4.78, 5) is 15.0. The highest BCUT2D eigenvalue weighted by molar-refractivity contribution is 5.88. The zero-order valence-electron chi connectivity index (χ0n) is 15.0. The number of rotatable bonds is 5. The molecule has 0 saturated carbocycles. The number of carbonyl (C=O) groups is 1. The maximum atomic E-state index is 11.1. The zero-order chi connectivity index (χ0) is 20.4. The van der Waals surface area contributed by atoms with Crippen molar-refractivity contribution >= 4 is 5.97 Å². The molecule has 0 spiro atoms. The van der Waals surface area contributed by atoms with Crippen LogP contribution in [0.25, 0.3) is 11.1 Å². The van der Waals surface area contributed by atoms with Gasteiger partial charge in [0.2, 0.25) is 6.29 Å². The highest BCUT2D eigenvalue weighted by Gasteiger charge is 2.44. The molecular weight excluding hydrogens is 370 g/mol. The van der Waals surface area contributed by atoms with Crippen LogP contribution in [0.3, 0.4) is 0 Å². The van der Waals surface area contributed by atoms with Gasteiger partial charge in [-0.3, -0.25) is 4.98 Å². The number of hydrogen-bond donors (Lipinski definition) is 5. The molecule has 5 N–H and O–H groups in total. The number of aliphatic hydroxyl groups excluding tert-OH is 4. The number of aromatic carboxylic acids is 1. The summed E-state index contributed by atoms with van der Waals surface area (Å²) in [6.07, 6.45) is -4.04. The van der Waals surface area contributed by atoms with E-state index in [-0.39, 0.29) is 5.56 Å². The Morgan fingerprint density at radius 3 is 2.50 bits per heavy atom. The van der Waals surface area contributed by atoms with Crippen LogP contribution in [0.1, 0.15) is 15.9 Å². The number of aryl methyl sites for hydroxylation is 1. The lowest BCUT2D eigenvalue weighted by Crippen LogP contribution is -2.60. The Morgan fingerprint density at radius 1 is 1.11 bits per heavy atom. The highest BCUT2D eigenvalue weighted by atomic mass is 16.7. The molecule has 3 rings (SSSR count). The van der Waals surface area contributed by atoms with Gasteiger partial charge in [0.05, 0.1) is 12.2 Å². The maximum Gasteiger partial charge on any atom is 0.337 e. The standard InChI is InChI=1S/C19H21NO8/c1-9-4-10(11-5-12(18(25)26)7-20-6-11)2-3-13(9)27-19-17(24)16(23)15(22)14(8-21)28-19/h2-7,14-17,19,21-24H,8H2,1H3,(H,25,26). The Bertz CT molecular complexity index is 856. The lowest BCUT2D eigenvalue weighted by molar-refractivity contribution is -0.277. The predicted octanol–water partition coefficient (Wildman–Crippen LogP) is -0.0661. The third kappa shape index (κ3) is 3.98. The van der Waals surface area contributed by atoms with E-state index in [1.165, 1.54) is 12.3 Å². The van der Waals surface area contributed by atoms with Gasteiger partial charge < -0.3 is 35.0 Å². The Balaban J connectivity index is 1.81. The normalized spacial score (nSPS) is 27.4. The topological polar surface area (TPSA) is 150 Å². The molecule has 5 unspecified atom stereocenters. The molecule has 9 heteroatoms. The maximum absolute atomic E-state index is 11.1. The van der Waals surface area contributed by atoms with Crippen LogP contribution in [-0.2, 0) is 4.74 Å². The van der Waals surface area contributed by atoms with Gasteiger partial charge in [0.1, 0.15) is 30.2 Å². The molecule has 1 aliphatic heterocycles. The molecule has 1 aliphatic rings. The van der Waals surface area contributed by atoms with Crippen LogP contribution in [0.5, 0.6) is 5.75 Å². The van der Waals surface area contributed by atoms with E-state index >= 15 is 0 Å². The Hall–Kier alpha value is -2.56. The fraction of sp³-hybridized carbons (Fsp3) is 0.368. The zero-order valence-corrected chi connectivity index (χ0v) is 15.0. The smallest absolute Gasteiger partial charge is 0.337 e. The highest BCUT2D eigenvalue weighted by Crippen LogP contribution is 2.29. The molecule has 1 aromatic heterocycles. The molecule has 0 amide bonds. The van der Waals surface area contributed by atoms with Crippen LogP contribution in [0, 0.1) is 6.92 Å². The summed E-state index contributed by atoms with van der Waals surface area (Å²) in [5.74, 6) is -0.718. The minimum Gasteiger partial charge on any atom is -0.478 e. The third-order valence-corrected chi connectivity index (χ3v) is 4.59. The molecule has 150 valence electrons. The SMILES string of the molecule is Cc1cc(-c2cncc(C(=O)O)c2)ccc1OC1OC(CO)C(O)C(O)C1O. The number of ether oxygens (including phenoxy) is 2. The number of aromatic nitrogens is 1. The van der Waals surface area contributed by atoms with Gasteiger partial charge in [0.25, 0.3) is 0 Å². The molecule has 0 aliphatic carbocycles. The van der Waals surface area contributed by atoms with E-state index in [4.69, 9.17) is 14.6 Å². The van der Waals surface area contributed by atoms with Gasteiger partial charge in [-0.15, -0.1) is 0 Å². The minimum atomic E-state index is -1.53. The summed E-state index contributed by atoms with van der Waals surface area (Å²) in [7, 11) is 0. The third-order valence-electron chi connectivity index (χ3n) is 4.59. The van der Waals surface area contributed by atoms with Crippen LogP contribution < -0.4 is 4.74 Å². The number of aliphatic hydroxyl groups is 4. The average Bonchev–Trinajstić information content (AvgIpc) is 2.69. The van der Waals surface area contributed by atoms with Gasteiger partial charge in [-0.1, -0.05) is 6.07 Å². The lowest BCUT2D eigenvalue weighted by Gasteiger charge is -2.39. The van der Waals surface area contributed by atoms with Crippen molar-refractivity contribution in [2.75, 3.05) is 6.61 Å². The molecule has 9 nitrogen and oxygen atoms in total. The number of pyridine rings is 1. The van der Waals surface area contributed by atoms with E-state index in [0.717, 1.165) is 0 Å². The number of benzene rings is 1. The van der Waals surface area contributed by atoms with Crippen molar-refractivity contribution in [1.82, 2.24) is 4.98 Å². The van der Waals surface area contributed by atoms with Crippen molar-refractivity contribution in [3.05, 3.63) is 47.8 Å². The van der Waals surface area contributed by atoms with Crippen molar-refractivity contribution in [2.24, 2.45) is 0 Å². The molecule has 1 aromatic carbocycles. The van der Waals surface area contributed by atoms with Crippen LogP contribution >= 0.6 is 0 Å². The fourth-order valence-corrected chi connectivity index (χ4v) is 2.97. The van der Waals surface area contributed by atoms with Crippen molar-refractivity contribution in [3.8, 4) is 16.9 Å². The van der Waals surface area contributed by atoms with Crippen molar-refractivity contribution in [1.29, 1.82) is 0 Å². The van der Waals surface area contributed by atoms with Crippen LogP contribution in [-0.4, -0.2) is 73.8 Å². The number of carboxylic acids is 1. The molecule has 28 heavy (non-hydrogen) atoms. The van der Waals surface area contributed by atoms with Crippen LogP contribution in [0.15, 0.2) is 36.7 Å². The van der Waals surface area contributed by atoms with Crippen LogP contribution in [0.4, 0.5) is 0 Å². The van der Waals surface area contributed by atoms with Gasteiger partial charge >= 0.3 is 5.97 Å². The Labute approximate surface area is 160 Å². The largest absolute Gasteiger partial charge is 0.478 e. The molecule has 1 fully saturated rings. The Morgan fingerprint density at radius 2 is 1.86 bits per heavy atom. The molecule has 2 aromatic rings. The van der Waals surface area contributed by atoms with E-state index in [1.807, 2.05) is 0 Å². The lowest BCUT2D eigenvalue weighted by atomic mass is 9.99. The second-order valence-corrected chi connectivity index (χ2v) is 6.56. The summed E-state index contributed by atoms with van der Waals surface area (Å²) in [6.45, 7) is 1.20. The number of carboxylic acid groups (broad SMARTS) is 1. The molecule has 1 saturated heterocycles. The van der Waals surface area contributed by atoms with E-state index < -0.39 is 43.3 Å². The summed E-state index contributed by atoms with van der Waals surface area (Å²) < 4.78 is 11.0. The summed E-state index contributed by atoms with van der Waals surface area (Å²) >= 11 is 0.